The maximum atomic E-state index is 14.0. The van der Waals surface area contributed by atoms with Gasteiger partial charge in [0, 0.05) is 5.46 Å². The van der Waals surface area contributed by atoms with Gasteiger partial charge in [-0.3, -0.25) is 4.79 Å². The molecule has 0 spiro atoms. The second-order valence-corrected chi connectivity index (χ2v) is 4.92. The summed E-state index contributed by atoms with van der Waals surface area (Å²) in [5.41, 5.74) is -0.500. The third-order valence-corrected chi connectivity index (χ3v) is 3.57. The number of hydrogen-bond donors (Lipinski definition) is 3. The molecule has 4 nitrogen and oxygen atoms in total. The molecule has 21 heavy (non-hydrogen) atoms. The summed E-state index contributed by atoms with van der Waals surface area (Å²) in [5, 5.41) is 20.8. The lowest BCUT2D eigenvalue weighted by Crippen LogP contribution is -2.34. The van der Waals surface area contributed by atoms with E-state index < -0.39 is 18.8 Å². The molecule has 0 unspecified atom stereocenters. The Hall–Kier alpha value is -1.60. The van der Waals surface area contributed by atoms with E-state index in [1.807, 2.05) is 0 Å². The summed E-state index contributed by atoms with van der Waals surface area (Å²) < 4.78 is 14.0. The average Bonchev–Trinajstić information content (AvgIpc) is 2.43. The third-order valence-electron chi connectivity index (χ3n) is 2.75. The molecule has 2 rings (SSSR count). The molecule has 0 aliphatic rings. The molecule has 108 valence electrons. The monoisotopic (exact) mass is 327 g/mol. The Morgan fingerprint density at radius 2 is 1.81 bits per heavy atom. The van der Waals surface area contributed by atoms with Crippen LogP contribution in [0.25, 0.3) is 0 Å². The number of rotatable bonds is 3. The van der Waals surface area contributed by atoms with Crippen molar-refractivity contribution in [3.05, 3.63) is 57.8 Å². The van der Waals surface area contributed by atoms with Crippen LogP contribution in [0, 0.1) is 5.82 Å². The molecule has 0 fully saturated rings. The molecule has 0 atom stereocenters. The molecule has 0 saturated carbocycles. The molecule has 2 aromatic carbocycles. The Morgan fingerprint density at radius 3 is 2.48 bits per heavy atom. The SMILES string of the molecule is O=C(Nc1cccc(Cl)c1Cl)c1cccc(B(O)O)c1F. The summed E-state index contributed by atoms with van der Waals surface area (Å²) in [5.74, 6) is -1.79. The fourth-order valence-electron chi connectivity index (χ4n) is 1.71. The number of nitrogens with one attached hydrogen (secondary N) is 1. The van der Waals surface area contributed by atoms with Crippen LogP contribution in [-0.2, 0) is 0 Å². The number of amides is 1. The van der Waals surface area contributed by atoms with Gasteiger partial charge in [0.05, 0.1) is 21.3 Å². The van der Waals surface area contributed by atoms with Gasteiger partial charge in [0.15, 0.2) is 0 Å². The van der Waals surface area contributed by atoms with Gasteiger partial charge in [0.2, 0.25) is 0 Å². The molecule has 2 aromatic rings. The lowest BCUT2D eigenvalue weighted by Gasteiger charge is -2.10. The summed E-state index contributed by atoms with van der Waals surface area (Å²) in [7, 11) is -2.01. The van der Waals surface area contributed by atoms with E-state index in [0.717, 1.165) is 0 Å². The van der Waals surface area contributed by atoms with E-state index in [-0.39, 0.29) is 26.8 Å². The average molecular weight is 328 g/mol. The first kappa shape index (κ1) is 15.8. The fraction of sp³-hybridized carbons (Fsp3) is 0. The Kier molecular flexibility index (Phi) is 4.85. The van der Waals surface area contributed by atoms with Crippen LogP contribution in [0.3, 0.4) is 0 Å². The smallest absolute Gasteiger partial charge is 0.423 e. The maximum absolute atomic E-state index is 14.0. The van der Waals surface area contributed by atoms with Crippen LogP contribution in [-0.4, -0.2) is 23.1 Å². The van der Waals surface area contributed by atoms with Crippen molar-refractivity contribution in [2.24, 2.45) is 0 Å². The predicted octanol–water partition coefficient (Wildman–Crippen LogP) is 2.06. The van der Waals surface area contributed by atoms with E-state index in [2.05, 4.69) is 5.32 Å². The molecule has 8 heteroatoms. The Labute approximate surface area is 130 Å². The Balaban J connectivity index is 2.33. The van der Waals surface area contributed by atoms with Crippen molar-refractivity contribution in [1.29, 1.82) is 0 Å². The molecular formula is C13H9BCl2FNO3. The molecule has 0 heterocycles. The van der Waals surface area contributed by atoms with Crippen molar-refractivity contribution in [2.75, 3.05) is 5.32 Å². The van der Waals surface area contributed by atoms with Gasteiger partial charge in [-0.05, 0) is 18.2 Å². The highest BCUT2D eigenvalue weighted by atomic mass is 35.5. The van der Waals surface area contributed by atoms with Gasteiger partial charge in [0.1, 0.15) is 5.82 Å². The number of carbonyl (C=O) groups is 1. The minimum atomic E-state index is -2.01. The minimum absolute atomic E-state index is 0.131. The zero-order valence-corrected chi connectivity index (χ0v) is 12.0. The second-order valence-electron chi connectivity index (χ2n) is 4.14. The van der Waals surface area contributed by atoms with Crippen LogP contribution < -0.4 is 10.8 Å². The van der Waals surface area contributed by atoms with E-state index in [1.165, 1.54) is 24.3 Å². The maximum Gasteiger partial charge on any atom is 0.491 e. The first-order chi connectivity index (χ1) is 9.91. The summed E-state index contributed by atoms with van der Waals surface area (Å²) >= 11 is 11.7. The van der Waals surface area contributed by atoms with Gasteiger partial charge in [-0.15, -0.1) is 0 Å². The van der Waals surface area contributed by atoms with Gasteiger partial charge in [0.25, 0.3) is 5.91 Å². The van der Waals surface area contributed by atoms with Crippen molar-refractivity contribution in [1.82, 2.24) is 0 Å². The van der Waals surface area contributed by atoms with Crippen molar-refractivity contribution in [2.45, 2.75) is 0 Å². The van der Waals surface area contributed by atoms with Crippen LogP contribution in [0.15, 0.2) is 36.4 Å². The zero-order valence-electron chi connectivity index (χ0n) is 10.5. The standard InChI is InChI=1S/C13H9BCl2FNO3/c15-9-5-2-6-10(11(9)16)18-13(19)7-3-1-4-8(12(7)17)14(20)21/h1-6,20-21H,(H,18,19). The summed E-state index contributed by atoms with van der Waals surface area (Å²) in [4.78, 5) is 12.1. The Bertz CT molecular complexity index is 697. The predicted molar refractivity (Wildman–Crippen MR) is 80.6 cm³/mol. The lowest BCUT2D eigenvalue weighted by molar-refractivity contribution is 0.102. The van der Waals surface area contributed by atoms with Gasteiger partial charge in [-0.1, -0.05) is 41.4 Å². The zero-order chi connectivity index (χ0) is 15.6. The molecule has 3 N–H and O–H groups in total. The van der Waals surface area contributed by atoms with Crippen LogP contribution >= 0.6 is 23.2 Å². The van der Waals surface area contributed by atoms with Crippen LogP contribution in [0.4, 0.5) is 10.1 Å². The number of benzene rings is 2. The number of anilines is 1. The lowest BCUT2D eigenvalue weighted by atomic mass is 9.79. The second kappa shape index (κ2) is 6.45. The first-order valence-corrected chi connectivity index (χ1v) is 6.57. The summed E-state index contributed by atoms with van der Waals surface area (Å²) in [6, 6.07) is 8.36. The van der Waals surface area contributed by atoms with Gasteiger partial charge < -0.3 is 15.4 Å². The first-order valence-electron chi connectivity index (χ1n) is 5.81. The molecule has 1 amide bonds. The van der Waals surface area contributed by atoms with Crippen LogP contribution in [0.5, 0.6) is 0 Å². The van der Waals surface area contributed by atoms with E-state index in [9.17, 15) is 9.18 Å². The molecule has 0 aromatic heterocycles. The van der Waals surface area contributed by atoms with Crippen molar-refractivity contribution < 1.29 is 19.2 Å². The third kappa shape index (κ3) is 3.36. The normalized spacial score (nSPS) is 10.3. The minimum Gasteiger partial charge on any atom is -0.423 e. The van der Waals surface area contributed by atoms with Gasteiger partial charge in [-0.25, -0.2) is 4.39 Å². The van der Waals surface area contributed by atoms with Crippen molar-refractivity contribution >= 4 is 47.4 Å². The molecule has 0 bridgehead atoms. The molecule has 0 aliphatic heterocycles. The molecular weight excluding hydrogens is 319 g/mol. The quantitative estimate of drug-likeness (QED) is 0.756. The van der Waals surface area contributed by atoms with Crippen LogP contribution in [0.2, 0.25) is 10.0 Å². The van der Waals surface area contributed by atoms with Gasteiger partial charge >= 0.3 is 7.12 Å². The summed E-state index contributed by atoms with van der Waals surface area (Å²) in [6.07, 6.45) is 0. The van der Waals surface area contributed by atoms with Crippen molar-refractivity contribution in [3.8, 4) is 0 Å². The Morgan fingerprint density at radius 1 is 1.14 bits per heavy atom. The van der Waals surface area contributed by atoms with E-state index in [4.69, 9.17) is 33.2 Å². The van der Waals surface area contributed by atoms with E-state index in [1.54, 1.807) is 12.1 Å². The topological polar surface area (TPSA) is 69.6 Å². The largest absolute Gasteiger partial charge is 0.491 e. The highest BCUT2D eigenvalue weighted by molar-refractivity contribution is 6.58. The van der Waals surface area contributed by atoms with Crippen molar-refractivity contribution in [3.63, 3.8) is 0 Å². The highest BCUT2D eigenvalue weighted by Gasteiger charge is 2.22. The fourth-order valence-corrected chi connectivity index (χ4v) is 2.06. The molecule has 0 saturated heterocycles. The summed E-state index contributed by atoms with van der Waals surface area (Å²) in [6.45, 7) is 0. The van der Waals surface area contributed by atoms with E-state index >= 15 is 0 Å². The van der Waals surface area contributed by atoms with E-state index in [0.29, 0.717) is 0 Å². The number of hydrogen-bond acceptors (Lipinski definition) is 3. The molecule has 0 aliphatic carbocycles. The number of carbonyl (C=O) groups excluding carboxylic acids is 1. The van der Waals surface area contributed by atoms with Crippen LogP contribution in [0.1, 0.15) is 10.4 Å². The highest BCUT2D eigenvalue weighted by Crippen LogP contribution is 2.29. The number of halogens is 3. The van der Waals surface area contributed by atoms with Gasteiger partial charge in [-0.2, -0.15) is 0 Å². The molecule has 0 radical (unpaired) electrons.